The molecule has 1 N–H and O–H groups in total. The summed E-state index contributed by atoms with van der Waals surface area (Å²) >= 11 is 0. The van der Waals surface area contributed by atoms with Gasteiger partial charge in [-0.3, -0.25) is 14.3 Å². The summed E-state index contributed by atoms with van der Waals surface area (Å²) in [5, 5.41) is 8.01. The van der Waals surface area contributed by atoms with Crippen LogP contribution in [0.2, 0.25) is 0 Å². The third-order valence-corrected chi connectivity index (χ3v) is 7.41. The lowest BCUT2D eigenvalue weighted by Crippen LogP contribution is -2.46. The van der Waals surface area contributed by atoms with Gasteiger partial charge in [0.25, 0.3) is 5.91 Å². The number of likely N-dealkylation sites (N-methyl/N-ethyl adjacent to an activating group) is 1. The zero-order valence-corrected chi connectivity index (χ0v) is 22.5. The predicted octanol–water partition coefficient (Wildman–Crippen LogP) is 4.16. The van der Waals surface area contributed by atoms with E-state index in [4.69, 9.17) is 4.84 Å². The quantitative estimate of drug-likeness (QED) is 0.407. The molecule has 0 unspecified atom stereocenters. The van der Waals surface area contributed by atoms with Crippen LogP contribution >= 0.6 is 0 Å². The molecule has 208 valence electrons. The summed E-state index contributed by atoms with van der Waals surface area (Å²) in [5.74, 6) is -1.10. The number of benzene rings is 3. The first-order valence-corrected chi connectivity index (χ1v) is 13.1. The smallest absolute Gasteiger partial charge is 0.321 e. The van der Waals surface area contributed by atoms with Gasteiger partial charge in [0.2, 0.25) is 5.91 Å². The lowest BCUT2D eigenvalue weighted by molar-refractivity contribution is -0.118. The summed E-state index contributed by atoms with van der Waals surface area (Å²) in [7, 11) is 1.54. The SMILES string of the molecule is Cc1cc(C(=O)N2Cc3ccnn3Cc3ccccc32)ccc1CNC(=O)ON1CC(=O)N(C)c2cccc(F)c21. The van der Waals surface area contributed by atoms with Crippen LogP contribution in [0, 0.1) is 12.7 Å². The van der Waals surface area contributed by atoms with Crippen LogP contribution in [-0.2, 0) is 29.3 Å². The van der Waals surface area contributed by atoms with E-state index < -0.39 is 11.9 Å². The normalized spacial score (nSPS) is 14.1. The lowest BCUT2D eigenvalue weighted by Gasteiger charge is -2.33. The van der Waals surface area contributed by atoms with Crippen molar-refractivity contribution >= 4 is 35.0 Å². The molecule has 10 nitrogen and oxygen atoms in total. The molecule has 0 spiro atoms. The Balaban J connectivity index is 1.15. The van der Waals surface area contributed by atoms with Gasteiger partial charge in [-0.15, -0.1) is 0 Å². The predicted molar refractivity (Wildman–Crippen MR) is 150 cm³/mol. The molecule has 0 saturated heterocycles. The second-order valence-corrected chi connectivity index (χ2v) is 9.97. The van der Waals surface area contributed by atoms with E-state index in [0.29, 0.717) is 24.3 Å². The molecule has 4 aromatic rings. The first-order valence-electron chi connectivity index (χ1n) is 13.1. The van der Waals surface area contributed by atoms with E-state index in [1.165, 1.54) is 24.1 Å². The van der Waals surface area contributed by atoms with Gasteiger partial charge < -0.3 is 20.0 Å². The number of carbonyl (C=O) groups is 3. The lowest BCUT2D eigenvalue weighted by atomic mass is 10.0. The van der Waals surface area contributed by atoms with Gasteiger partial charge in [0.05, 0.1) is 24.5 Å². The Morgan fingerprint density at radius 2 is 1.80 bits per heavy atom. The molecule has 2 aliphatic rings. The Morgan fingerprint density at radius 3 is 2.63 bits per heavy atom. The number of nitrogens with one attached hydrogen (secondary N) is 1. The fourth-order valence-electron chi connectivity index (χ4n) is 5.16. The molecule has 3 amide bonds. The molecular weight excluding hydrogens is 527 g/mol. The van der Waals surface area contributed by atoms with Crippen LogP contribution in [0.1, 0.15) is 32.7 Å². The number of aryl methyl sites for hydroxylation is 1. The van der Waals surface area contributed by atoms with E-state index in [-0.39, 0.29) is 30.6 Å². The summed E-state index contributed by atoms with van der Waals surface area (Å²) in [6.45, 7) is 2.63. The Morgan fingerprint density at radius 1 is 1.00 bits per heavy atom. The highest BCUT2D eigenvalue weighted by Crippen LogP contribution is 2.35. The van der Waals surface area contributed by atoms with E-state index in [2.05, 4.69) is 10.4 Å². The first kappa shape index (κ1) is 26.1. The van der Waals surface area contributed by atoms with Gasteiger partial charge in [-0.2, -0.15) is 10.2 Å². The number of anilines is 3. The number of aromatic nitrogens is 2. The van der Waals surface area contributed by atoms with Gasteiger partial charge in [0.1, 0.15) is 12.2 Å². The molecule has 3 aromatic carbocycles. The van der Waals surface area contributed by atoms with E-state index in [1.807, 2.05) is 41.9 Å². The van der Waals surface area contributed by atoms with Gasteiger partial charge in [0.15, 0.2) is 5.82 Å². The minimum atomic E-state index is -0.839. The number of hydroxylamine groups is 1. The van der Waals surface area contributed by atoms with Crippen molar-refractivity contribution in [2.75, 3.05) is 28.5 Å². The molecule has 0 atom stereocenters. The number of para-hydroxylation sites is 2. The van der Waals surface area contributed by atoms with Crippen molar-refractivity contribution < 1.29 is 23.6 Å². The van der Waals surface area contributed by atoms with Crippen molar-refractivity contribution in [3.8, 4) is 0 Å². The van der Waals surface area contributed by atoms with Crippen molar-refractivity contribution in [3.05, 3.63) is 107 Å². The highest BCUT2D eigenvalue weighted by atomic mass is 19.1. The summed E-state index contributed by atoms with van der Waals surface area (Å²) in [4.78, 5) is 47.1. The number of fused-ring (bicyclic) bond motifs is 3. The van der Waals surface area contributed by atoms with E-state index in [0.717, 1.165) is 33.1 Å². The molecule has 3 heterocycles. The average Bonchev–Trinajstić information content (AvgIpc) is 3.33. The van der Waals surface area contributed by atoms with Gasteiger partial charge in [0, 0.05) is 31.0 Å². The minimum absolute atomic E-state index is 0.0157. The molecule has 1 aromatic heterocycles. The van der Waals surface area contributed by atoms with Crippen LogP contribution < -0.4 is 20.2 Å². The zero-order chi connectivity index (χ0) is 28.7. The molecule has 0 saturated carbocycles. The van der Waals surface area contributed by atoms with E-state index in [9.17, 15) is 18.8 Å². The number of halogens is 1. The van der Waals surface area contributed by atoms with Crippen molar-refractivity contribution in [2.45, 2.75) is 26.6 Å². The van der Waals surface area contributed by atoms with Gasteiger partial charge in [-0.25, -0.2) is 9.18 Å². The number of amides is 3. The third kappa shape index (κ3) is 4.86. The standard InChI is InChI=1S/C30H27FN6O4/c1-19-14-20(29(39)35-17-23-12-13-33-36(23)16-22-6-3-4-8-25(22)35)10-11-21(19)15-32-30(40)41-37-18-27(38)34(2)26-9-5-7-24(31)28(26)37/h3-14H,15-18H2,1-2H3,(H,32,40). The second-order valence-electron chi connectivity index (χ2n) is 9.97. The van der Waals surface area contributed by atoms with Crippen LogP contribution in [-0.4, -0.2) is 41.3 Å². The summed E-state index contributed by atoms with van der Waals surface area (Å²) < 4.78 is 16.4. The Hall–Kier alpha value is -5.19. The van der Waals surface area contributed by atoms with Crippen molar-refractivity contribution in [1.29, 1.82) is 0 Å². The highest BCUT2D eigenvalue weighted by Gasteiger charge is 2.32. The maximum absolute atomic E-state index is 14.5. The number of hydrogen-bond donors (Lipinski definition) is 1. The molecule has 6 rings (SSSR count). The maximum atomic E-state index is 14.5. The van der Waals surface area contributed by atoms with E-state index >= 15 is 0 Å². The number of nitrogens with zero attached hydrogens (tertiary/aromatic N) is 5. The van der Waals surface area contributed by atoms with Crippen molar-refractivity contribution in [2.24, 2.45) is 0 Å². The summed E-state index contributed by atoms with van der Waals surface area (Å²) in [5.41, 5.74) is 5.20. The van der Waals surface area contributed by atoms with Crippen LogP contribution in [0.25, 0.3) is 0 Å². The van der Waals surface area contributed by atoms with Gasteiger partial charge >= 0.3 is 6.09 Å². The Labute approximate surface area is 235 Å². The molecule has 0 aliphatic carbocycles. The van der Waals surface area contributed by atoms with Crippen LogP contribution in [0.15, 0.2) is 72.9 Å². The van der Waals surface area contributed by atoms with Gasteiger partial charge in [-0.05, 0) is 60.0 Å². The maximum Gasteiger partial charge on any atom is 0.431 e. The molecule has 0 radical (unpaired) electrons. The number of carbonyl (C=O) groups excluding carboxylic acids is 3. The fraction of sp³-hybridized carbons (Fsp3) is 0.200. The molecule has 11 heteroatoms. The second kappa shape index (κ2) is 10.4. The molecule has 0 fully saturated rings. The Bertz CT molecular complexity index is 1690. The summed E-state index contributed by atoms with van der Waals surface area (Å²) in [6.07, 6.45) is 0.897. The monoisotopic (exact) mass is 554 g/mol. The van der Waals surface area contributed by atoms with E-state index in [1.54, 1.807) is 35.4 Å². The highest BCUT2D eigenvalue weighted by molar-refractivity contribution is 6.06. The summed E-state index contributed by atoms with van der Waals surface area (Å²) in [6, 6.07) is 19.3. The molecule has 0 bridgehead atoms. The number of rotatable bonds is 4. The van der Waals surface area contributed by atoms with Crippen molar-refractivity contribution in [3.63, 3.8) is 0 Å². The van der Waals surface area contributed by atoms with Crippen LogP contribution in [0.5, 0.6) is 0 Å². The largest absolute Gasteiger partial charge is 0.431 e. The van der Waals surface area contributed by atoms with Gasteiger partial charge in [-0.1, -0.05) is 30.3 Å². The zero-order valence-electron chi connectivity index (χ0n) is 22.5. The average molecular weight is 555 g/mol. The first-order chi connectivity index (χ1) is 19.8. The number of hydrogen-bond acceptors (Lipinski definition) is 6. The third-order valence-electron chi connectivity index (χ3n) is 7.41. The minimum Gasteiger partial charge on any atom is -0.321 e. The fourth-order valence-corrected chi connectivity index (χ4v) is 5.16. The molecular formula is C30H27FN6O4. The van der Waals surface area contributed by atoms with Crippen molar-refractivity contribution in [1.82, 2.24) is 15.1 Å². The topological polar surface area (TPSA) is 100 Å². The van der Waals surface area contributed by atoms with Crippen LogP contribution in [0.4, 0.5) is 26.2 Å². The molecule has 2 aliphatic heterocycles. The Kier molecular flexibility index (Phi) is 6.62. The molecule has 41 heavy (non-hydrogen) atoms. The van der Waals surface area contributed by atoms with Crippen LogP contribution in [0.3, 0.4) is 0 Å².